The molecule has 0 atom stereocenters. The van der Waals surface area contributed by atoms with Crippen LogP contribution in [0.4, 0.5) is 5.69 Å². The van der Waals surface area contributed by atoms with Gasteiger partial charge in [-0.05, 0) is 30.3 Å². The summed E-state index contributed by atoms with van der Waals surface area (Å²) in [4.78, 5) is 15.8. The number of carbonyl (C=O) groups excluding carboxylic acids is 1. The van der Waals surface area contributed by atoms with Crippen molar-refractivity contribution in [1.29, 1.82) is 0 Å². The highest BCUT2D eigenvalue weighted by Gasteiger charge is 2.23. The smallest absolute Gasteiger partial charge is 0.272 e. The van der Waals surface area contributed by atoms with E-state index in [9.17, 15) is 13.2 Å². The summed E-state index contributed by atoms with van der Waals surface area (Å²) in [6, 6.07) is 9.57. The van der Waals surface area contributed by atoms with Crippen molar-refractivity contribution in [1.82, 2.24) is 9.29 Å². The molecule has 0 bridgehead atoms. The molecule has 0 saturated carbocycles. The summed E-state index contributed by atoms with van der Waals surface area (Å²) in [6.45, 7) is 0. The van der Waals surface area contributed by atoms with E-state index in [1.807, 2.05) is 0 Å². The molecule has 0 saturated heterocycles. The molecule has 0 aliphatic rings. The maximum atomic E-state index is 12.8. The molecule has 3 aromatic rings. The van der Waals surface area contributed by atoms with Crippen molar-refractivity contribution in [2.45, 2.75) is 4.90 Å². The summed E-state index contributed by atoms with van der Waals surface area (Å²) < 4.78 is 42.0. The number of anilines is 1. The molecule has 9 nitrogen and oxygen atoms in total. The van der Waals surface area contributed by atoms with E-state index >= 15 is 0 Å². The fourth-order valence-corrected chi connectivity index (χ4v) is 4.01. The van der Waals surface area contributed by atoms with Crippen LogP contribution in [0.5, 0.6) is 17.2 Å². The van der Waals surface area contributed by atoms with Crippen molar-refractivity contribution in [3.05, 3.63) is 42.1 Å². The predicted molar refractivity (Wildman–Crippen MR) is 113 cm³/mol. The highest BCUT2D eigenvalue weighted by molar-refractivity contribution is 7.89. The summed E-state index contributed by atoms with van der Waals surface area (Å²) in [6.07, 6.45) is 0. The monoisotopic (exact) mass is 433 g/mol. The lowest BCUT2D eigenvalue weighted by Crippen LogP contribution is -2.23. The Labute approximate surface area is 174 Å². The Hall–Kier alpha value is -3.24. The maximum absolute atomic E-state index is 12.8. The van der Waals surface area contributed by atoms with Gasteiger partial charge in [-0.15, -0.1) is 0 Å². The minimum absolute atomic E-state index is 0.0455. The number of hydrogen-bond donors (Lipinski definition) is 2. The van der Waals surface area contributed by atoms with Gasteiger partial charge in [0.05, 0.1) is 26.8 Å². The van der Waals surface area contributed by atoms with E-state index in [0.717, 1.165) is 9.69 Å². The highest BCUT2D eigenvalue weighted by Crippen LogP contribution is 2.32. The number of aromatic amines is 1. The number of sulfonamides is 1. The van der Waals surface area contributed by atoms with Gasteiger partial charge in [0.2, 0.25) is 10.0 Å². The van der Waals surface area contributed by atoms with Gasteiger partial charge in [-0.1, -0.05) is 0 Å². The van der Waals surface area contributed by atoms with E-state index in [-0.39, 0.29) is 16.3 Å². The Kier molecular flexibility index (Phi) is 5.90. The normalized spacial score (nSPS) is 11.5. The Morgan fingerprint density at radius 3 is 2.27 bits per heavy atom. The molecule has 1 aromatic heterocycles. The van der Waals surface area contributed by atoms with Crippen molar-refractivity contribution in [3.63, 3.8) is 0 Å². The number of hydrogen-bond acceptors (Lipinski definition) is 6. The number of methoxy groups -OCH3 is 3. The van der Waals surface area contributed by atoms with E-state index in [0.29, 0.717) is 22.7 Å². The van der Waals surface area contributed by atoms with Crippen LogP contribution < -0.4 is 19.5 Å². The fraction of sp³-hybridized carbons (Fsp3) is 0.250. The summed E-state index contributed by atoms with van der Waals surface area (Å²) in [7, 11) is 3.54. The Balaban J connectivity index is 1.96. The van der Waals surface area contributed by atoms with Crippen molar-refractivity contribution in [2.75, 3.05) is 40.7 Å². The van der Waals surface area contributed by atoms with Crippen LogP contribution in [0.1, 0.15) is 10.5 Å². The lowest BCUT2D eigenvalue weighted by molar-refractivity contribution is 0.102. The first-order chi connectivity index (χ1) is 14.2. The van der Waals surface area contributed by atoms with Gasteiger partial charge in [0.15, 0.2) is 0 Å². The van der Waals surface area contributed by atoms with Gasteiger partial charge in [0, 0.05) is 31.2 Å². The van der Waals surface area contributed by atoms with Crippen LogP contribution in [0.15, 0.2) is 41.3 Å². The number of ether oxygens (including phenoxy) is 3. The highest BCUT2D eigenvalue weighted by atomic mass is 32.2. The van der Waals surface area contributed by atoms with Crippen molar-refractivity contribution in [3.8, 4) is 17.2 Å². The lowest BCUT2D eigenvalue weighted by Gasteiger charge is -2.15. The fourth-order valence-electron chi connectivity index (χ4n) is 2.94. The molecule has 0 radical (unpaired) electrons. The van der Waals surface area contributed by atoms with Gasteiger partial charge in [0.1, 0.15) is 27.8 Å². The number of carbonyl (C=O) groups is 1. The van der Waals surface area contributed by atoms with Gasteiger partial charge in [-0.2, -0.15) is 0 Å². The largest absolute Gasteiger partial charge is 0.497 e. The van der Waals surface area contributed by atoms with Crippen LogP contribution in [0.2, 0.25) is 0 Å². The zero-order chi connectivity index (χ0) is 22.1. The summed E-state index contributed by atoms with van der Waals surface area (Å²) in [5.41, 5.74) is 1.24. The molecular weight excluding hydrogens is 410 g/mol. The predicted octanol–water partition coefficient (Wildman–Crippen LogP) is 2.70. The molecule has 2 N–H and O–H groups in total. The van der Waals surface area contributed by atoms with Crippen LogP contribution in [0.3, 0.4) is 0 Å². The van der Waals surface area contributed by atoms with Gasteiger partial charge >= 0.3 is 0 Å². The molecule has 1 amide bonds. The van der Waals surface area contributed by atoms with Crippen LogP contribution in [0.25, 0.3) is 10.9 Å². The first kappa shape index (κ1) is 21.5. The number of fused-ring (bicyclic) bond motifs is 1. The molecule has 0 unspecified atom stereocenters. The third-order valence-electron chi connectivity index (χ3n) is 4.55. The van der Waals surface area contributed by atoms with Gasteiger partial charge in [0.25, 0.3) is 5.91 Å². The number of amides is 1. The quantitative estimate of drug-likeness (QED) is 0.593. The third-order valence-corrected chi connectivity index (χ3v) is 6.38. The average molecular weight is 433 g/mol. The maximum Gasteiger partial charge on any atom is 0.272 e. The van der Waals surface area contributed by atoms with Gasteiger partial charge in [-0.25, -0.2) is 12.7 Å². The summed E-state index contributed by atoms with van der Waals surface area (Å²) in [5, 5.41) is 3.45. The lowest BCUT2D eigenvalue weighted by atomic mass is 10.2. The molecule has 3 rings (SSSR count). The Morgan fingerprint density at radius 2 is 1.67 bits per heavy atom. The molecule has 10 heteroatoms. The number of nitrogens with zero attached hydrogens (tertiary/aromatic N) is 1. The van der Waals surface area contributed by atoms with Crippen molar-refractivity contribution in [2.24, 2.45) is 0 Å². The zero-order valence-corrected chi connectivity index (χ0v) is 18.1. The number of nitrogens with one attached hydrogen (secondary N) is 2. The molecule has 0 aliphatic heterocycles. The van der Waals surface area contributed by atoms with Crippen LogP contribution >= 0.6 is 0 Å². The van der Waals surface area contributed by atoms with E-state index in [4.69, 9.17) is 14.2 Å². The molecule has 0 spiro atoms. The third kappa shape index (κ3) is 3.91. The molecule has 30 heavy (non-hydrogen) atoms. The SMILES string of the molecule is COc1cc(OC)c2[nH]c(C(=O)Nc3ccc(OC)c(S(=O)(=O)N(C)C)c3)cc2c1. The second-order valence-corrected chi connectivity index (χ2v) is 8.70. The molecular formula is C20H23N3O6S. The van der Waals surface area contributed by atoms with Crippen molar-refractivity contribution < 1.29 is 27.4 Å². The Bertz CT molecular complexity index is 1200. The topological polar surface area (TPSA) is 110 Å². The zero-order valence-electron chi connectivity index (χ0n) is 17.3. The number of H-pyrrole nitrogens is 1. The molecule has 2 aromatic carbocycles. The van der Waals surface area contributed by atoms with Crippen LogP contribution in [-0.2, 0) is 10.0 Å². The minimum Gasteiger partial charge on any atom is -0.497 e. The summed E-state index contributed by atoms with van der Waals surface area (Å²) >= 11 is 0. The second kappa shape index (κ2) is 8.25. The number of benzene rings is 2. The van der Waals surface area contributed by atoms with Crippen LogP contribution in [-0.4, -0.2) is 59.0 Å². The Morgan fingerprint density at radius 1 is 0.967 bits per heavy atom. The molecule has 160 valence electrons. The molecule has 0 fully saturated rings. The van der Waals surface area contributed by atoms with Crippen molar-refractivity contribution >= 4 is 32.5 Å². The molecule has 1 heterocycles. The van der Waals surface area contributed by atoms with Gasteiger partial charge < -0.3 is 24.5 Å². The molecule has 0 aliphatic carbocycles. The van der Waals surface area contributed by atoms with Gasteiger partial charge in [-0.3, -0.25) is 4.79 Å². The first-order valence-electron chi connectivity index (χ1n) is 8.88. The second-order valence-electron chi connectivity index (χ2n) is 6.58. The van der Waals surface area contributed by atoms with E-state index < -0.39 is 15.9 Å². The minimum atomic E-state index is -3.76. The standard InChI is InChI=1S/C20H23N3O6S/c1-23(2)30(25,26)18-10-13(6-7-16(18)28-4)21-20(24)15-9-12-8-14(27-3)11-17(29-5)19(12)22-15/h6-11,22H,1-5H3,(H,21,24). The average Bonchev–Trinajstić information content (AvgIpc) is 3.17. The summed E-state index contributed by atoms with van der Waals surface area (Å²) in [5.74, 6) is 0.876. The first-order valence-corrected chi connectivity index (χ1v) is 10.3. The number of aromatic nitrogens is 1. The van der Waals surface area contributed by atoms with E-state index in [2.05, 4.69) is 10.3 Å². The number of rotatable bonds is 7. The van der Waals surface area contributed by atoms with E-state index in [1.165, 1.54) is 40.4 Å². The van der Waals surface area contributed by atoms with Crippen LogP contribution in [0, 0.1) is 0 Å². The van der Waals surface area contributed by atoms with E-state index in [1.54, 1.807) is 31.4 Å².